The molecule has 0 aromatic heterocycles. The van der Waals surface area contributed by atoms with E-state index in [2.05, 4.69) is 56.9 Å². The molecule has 0 bridgehead atoms. The van der Waals surface area contributed by atoms with Crippen LogP contribution < -0.4 is 15.4 Å². The van der Waals surface area contributed by atoms with Crippen molar-refractivity contribution in [2.75, 3.05) is 33.8 Å². The molecule has 3 rings (SSSR count). The van der Waals surface area contributed by atoms with Crippen molar-refractivity contribution in [2.45, 2.75) is 38.8 Å². The van der Waals surface area contributed by atoms with Crippen LogP contribution in [0.2, 0.25) is 0 Å². The van der Waals surface area contributed by atoms with Crippen molar-refractivity contribution in [3.8, 4) is 5.75 Å². The molecule has 0 amide bonds. The molecule has 1 heterocycles. The van der Waals surface area contributed by atoms with Crippen molar-refractivity contribution in [3.05, 3.63) is 65.2 Å². The highest BCUT2D eigenvalue weighted by Crippen LogP contribution is 2.16. The Kier molecular flexibility index (Phi) is 8.38. The first-order chi connectivity index (χ1) is 14.3. The van der Waals surface area contributed by atoms with Crippen LogP contribution in [0.15, 0.2) is 53.5 Å². The zero-order valence-corrected chi connectivity index (χ0v) is 17.8. The summed E-state index contributed by atoms with van der Waals surface area (Å²) in [6.07, 6.45) is 4.96. The molecule has 0 unspecified atom stereocenters. The zero-order valence-electron chi connectivity index (χ0n) is 17.8. The van der Waals surface area contributed by atoms with Crippen molar-refractivity contribution < 1.29 is 4.74 Å². The number of guanidine groups is 1. The van der Waals surface area contributed by atoms with Gasteiger partial charge >= 0.3 is 0 Å². The Bertz CT molecular complexity index is 767. The predicted octanol–water partition coefficient (Wildman–Crippen LogP) is 3.59. The minimum Gasteiger partial charge on any atom is -0.497 e. The summed E-state index contributed by atoms with van der Waals surface area (Å²) in [4.78, 5) is 6.94. The van der Waals surface area contributed by atoms with Crippen molar-refractivity contribution >= 4 is 5.96 Å². The number of nitrogens with zero attached hydrogens (tertiary/aromatic N) is 2. The summed E-state index contributed by atoms with van der Waals surface area (Å²) in [7, 11) is 3.51. The maximum absolute atomic E-state index is 5.21. The minimum absolute atomic E-state index is 0.784. The van der Waals surface area contributed by atoms with E-state index < -0.39 is 0 Å². The van der Waals surface area contributed by atoms with Crippen LogP contribution >= 0.6 is 0 Å². The molecule has 2 N–H and O–H groups in total. The monoisotopic (exact) mass is 394 g/mol. The van der Waals surface area contributed by atoms with Gasteiger partial charge in [0, 0.05) is 26.7 Å². The topological polar surface area (TPSA) is 48.9 Å². The van der Waals surface area contributed by atoms with Crippen LogP contribution in [0, 0.1) is 0 Å². The first-order valence-corrected chi connectivity index (χ1v) is 10.6. The van der Waals surface area contributed by atoms with Crippen molar-refractivity contribution in [3.63, 3.8) is 0 Å². The quantitative estimate of drug-likeness (QED) is 0.531. The van der Waals surface area contributed by atoms with Crippen LogP contribution in [0.4, 0.5) is 0 Å². The third-order valence-electron chi connectivity index (χ3n) is 5.50. The highest BCUT2D eigenvalue weighted by molar-refractivity contribution is 5.79. The highest BCUT2D eigenvalue weighted by atomic mass is 16.5. The van der Waals surface area contributed by atoms with Crippen LogP contribution in [0.25, 0.3) is 0 Å². The van der Waals surface area contributed by atoms with Gasteiger partial charge in [-0.1, -0.05) is 42.8 Å². The third-order valence-corrected chi connectivity index (χ3v) is 5.50. The summed E-state index contributed by atoms with van der Waals surface area (Å²) in [6.45, 7) is 5.10. The second-order valence-electron chi connectivity index (χ2n) is 7.56. The van der Waals surface area contributed by atoms with Gasteiger partial charge in [0.1, 0.15) is 5.75 Å². The molecular weight excluding hydrogens is 360 g/mol. The first-order valence-electron chi connectivity index (χ1n) is 10.6. The fourth-order valence-corrected chi connectivity index (χ4v) is 3.76. The summed E-state index contributed by atoms with van der Waals surface area (Å²) in [6, 6.07) is 17.0. The molecule has 2 aromatic carbocycles. The summed E-state index contributed by atoms with van der Waals surface area (Å²) in [5.74, 6) is 1.73. The largest absolute Gasteiger partial charge is 0.497 e. The van der Waals surface area contributed by atoms with Gasteiger partial charge in [-0.2, -0.15) is 0 Å². The maximum atomic E-state index is 5.21. The second-order valence-corrected chi connectivity index (χ2v) is 7.56. The van der Waals surface area contributed by atoms with E-state index in [1.807, 2.05) is 19.2 Å². The van der Waals surface area contributed by atoms with Crippen LogP contribution in [0.3, 0.4) is 0 Å². The lowest BCUT2D eigenvalue weighted by Gasteiger charge is -2.27. The van der Waals surface area contributed by atoms with Gasteiger partial charge in [-0.05, 0) is 61.2 Å². The lowest BCUT2D eigenvalue weighted by Crippen LogP contribution is -2.38. The smallest absolute Gasteiger partial charge is 0.191 e. The lowest BCUT2D eigenvalue weighted by atomic mass is 10.0. The van der Waals surface area contributed by atoms with Gasteiger partial charge in [0.2, 0.25) is 0 Å². The Hall–Kier alpha value is -2.53. The highest BCUT2D eigenvalue weighted by Gasteiger charge is 2.12. The Balaban J connectivity index is 1.47. The molecule has 1 aliphatic rings. The number of piperidine rings is 1. The Labute approximate surface area is 175 Å². The molecule has 1 aliphatic heterocycles. The number of hydrogen-bond acceptors (Lipinski definition) is 3. The molecule has 0 saturated carbocycles. The number of hydrogen-bond donors (Lipinski definition) is 2. The van der Waals surface area contributed by atoms with E-state index in [-0.39, 0.29) is 0 Å². The molecule has 1 saturated heterocycles. The van der Waals surface area contributed by atoms with Crippen LogP contribution in [0.5, 0.6) is 5.75 Å². The normalized spacial score (nSPS) is 15.2. The summed E-state index contributed by atoms with van der Waals surface area (Å²) in [5.41, 5.74) is 4.03. The molecule has 0 aliphatic carbocycles. The molecule has 29 heavy (non-hydrogen) atoms. The average molecular weight is 395 g/mol. The van der Waals surface area contributed by atoms with Gasteiger partial charge in [0.25, 0.3) is 0 Å². The van der Waals surface area contributed by atoms with Crippen LogP contribution in [0.1, 0.15) is 36.0 Å². The van der Waals surface area contributed by atoms with E-state index in [0.29, 0.717) is 0 Å². The molecule has 156 valence electrons. The number of rotatable bonds is 8. The number of nitrogens with one attached hydrogen (secondary N) is 2. The molecule has 0 radical (unpaired) electrons. The van der Waals surface area contributed by atoms with Crippen molar-refractivity contribution in [1.82, 2.24) is 15.5 Å². The number of likely N-dealkylation sites (tertiary alicyclic amines) is 1. The average Bonchev–Trinajstić information content (AvgIpc) is 2.78. The molecule has 0 spiro atoms. The van der Waals surface area contributed by atoms with E-state index in [1.54, 1.807) is 7.11 Å². The first kappa shape index (κ1) is 21.2. The van der Waals surface area contributed by atoms with E-state index in [1.165, 1.54) is 49.0 Å². The van der Waals surface area contributed by atoms with Crippen molar-refractivity contribution in [2.24, 2.45) is 4.99 Å². The van der Waals surface area contributed by atoms with E-state index in [0.717, 1.165) is 37.8 Å². The standard InChI is InChI=1S/C24H34N4O/c1-25-24(26-15-14-20-10-12-23(29-2)13-11-20)27-18-21-8-4-5-9-22(21)19-28-16-6-3-7-17-28/h4-5,8-13H,3,6-7,14-19H2,1-2H3,(H2,25,26,27). The Morgan fingerprint density at radius 2 is 1.69 bits per heavy atom. The molecule has 1 fully saturated rings. The SMILES string of the molecule is CN=C(NCCc1ccc(OC)cc1)NCc1ccccc1CN1CCCCC1. The summed E-state index contributed by atoms with van der Waals surface area (Å²) in [5, 5.41) is 6.88. The van der Waals surface area contributed by atoms with Crippen LogP contribution in [-0.2, 0) is 19.5 Å². The molecular formula is C24H34N4O. The third kappa shape index (κ3) is 6.79. The fourth-order valence-electron chi connectivity index (χ4n) is 3.76. The Morgan fingerprint density at radius 3 is 2.38 bits per heavy atom. The molecule has 5 heteroatoms. The van der Waals surface area contributed by atoms with Gasteiger partial charge in [-0.25, -0.2) is 0 Å². The summed E-state index contributed by atoms with van der Waals surface area (Å²) >= 11 is 0. The number of ether oxygens (including phenoxy) is 1. The van der Waals surface area contributed by atoms with E-state index in [4.69, 9.17) is 4.74 Å². The predicted molar refractivity (Wildman–Crippen MR) is 120 cm³/mol. The molecule has 5 nitrogen and oxygen atoms in total. The fraction of sp³-hybridized carbons (Fsp3) is 0.458. The van der Waals surface area contributed by atoms with Gasteiger partial charge in [0.05, 0.1) is 7.11 Å². The van der Waals surface area contributed by atoms with Gasteiger partial charge < -0.3 is 15.4 Å². The molecule has 2 aromatic rings. The molecule has 0 atom stereocenters. The van der Waals surface area contributed by atoms with Gasteiger partial charge in [0.15, 0.2) is 5.96 Å². The number of benzene rings is 2. The van der Waals surface area contributed by atoms with Gasteiger partial charge in [-0.15, -0.1) is 0 Å². The van der Waals surface area contributed by atoms with Crippen LogP contribution in [-0.4, -0.2) is 44.7 Å². The minimum atomic E-state index is 0.784. The lowest BCUT2D eigenvalue weighted by molar-refractivity contribution is 0.220. The zero-order chi connectivity index (χ0) is 20.3. The van der Waals surface area contributed by atoms with E-state index in [9.17, 15) is 0 Å². The summed E-state index contributed by atoms with van der Waals surface area (Å²) < 4.78 is 5.21. The number of aliphatic imine (C=N–C) groups is 1. The van der Waals surface area contributed by atoms with Gasteiger partial charge in [-0.3, -0.25) is 9.89 Å². The second kappa shape index (κ2) is 11.5. The Morgan fingerprint density at radius 1 is 0.966 bits per heavy atom. The van der Waals surface area contributed by atoms with Crippen molar-refractivity contribution in [1.29, 1.82) is 0 Å². The maximum Gasteiger partial charge on any atom is 0.191 e. The number of methoxy groups -OCH3 is 1. The van der Waals surface area contributed by atoms with E-state index >= 15 is 0 Å².